The van der Waals surface area contributed by atoms with E-state index in [9.17, 15) is 0 Å². The van der Waals surface area contributed by atoms with Crippen molar-refractivity contribution in [2.24, 2.45) is 0 Å². The first-order valence-corrected chi connectivity index (χ1v) is 26.5. The summed E-state index contributed by atoms with van der Waals surface area (Å²) in [6.45, 7) is 32.6. The van der Waals surface area contributed by atoms with Crippen LogP contribution < -0.4 is 4.90 Å². The minimum atomic E-state index is -0.496. The van der Waals surface area contributed by atoms with Crippen molar-refractivity contribution in [2.45, 2.75) is 98.8 Å². The van der Waals surface area contributed by atoms with Crippen LogP contribution in [-0.4, -0.2) is 0 Å². The van der Waals surface area contributed by atoms with Gasteiger partial charge in [0.15, 0.2) is 0 Å². The lowest BCUT2D eigenvalue weighted by Crippen LogP contribution is -2.28. The number of aryl methyl sites for hydroxylation is 1. The topological polar surface area (TPSA) is 3.24 Å². The maximum absolute atomic E-state index is 4.00. The van der Waals surface area contributed by atoms with Crippen LogP contribution in [0.2, 0.25) is 0 Å². The van der Waals surface area contributed by atoms with Gasteiger partial charge in [0.2, 0.25) is 0 Å². The first-order valence-electron chi connectivity index (χ1n) is 26.5. The van der Waals surface area contributed by atoms with Crippen molar-refractivity contribution in [1.82, 2.24) is 0 Å². The first-order chi connectivity index (χ1) is 35.9. The number of fused-ring (bicyclic) bond motifs is 6. The Bertz CT molecular complexity index is 3190. The van der Waals surface area contributed by atoms with Gasteiger partial charge in [0.05, 0.1) is 5.41 Å². The highest BCUT2D eigenvalue weighted by molar-refractivity contribution is 5.95. The molecule has 8 aromatic carbocycles. The molecular formula is C73H77N. The Labute approximate surface area is 446 Å². The monoisotopic (exact) mass is 968 g/mol. The van der Waals surface area contributed by atoms with Crippen LogP contribution in [0.1, 0.15) is 125 Å². The summed E-state index contributed by atoms with van der Waals surface area (Å²) in [5.41, 5.74) is 23.9. The standard InChI is InChI=1S/C58H51N.C8H12.C3H6.C2H6.C2H2/c1-7-40-26-28-43(29-27-40)59(45-30-32-50-49-24-16-17-25-52(49)57(5,6)55(50)37-45)44-31-34-53-51(36-44)56-39(4)47(48-23-15-14-22-46(48)38(2)3)33-35-54(56)58(53,41-18-10-8-11-19-41)42-20-12-9-13-21-42;1-4-6-7-8(3)5-2;1-3-2;2*1-2/h8-38H,7H2,1-6H3;4,6-7H,1,3,5H2,2H3;3H,1H2,2H3;1-2H3;1-2H/b;7-6-;;;. The van der Waals surface area contributed by atoms with Gasteiger partial charge in [-0.25, -0.2) is 0 Å². The van der Waals surface area contributed by atoms with Gasteiger partial charge in [-0.05, 0) is 152 Å². The third-order valence-electron chi connectivity index (χ3n) is 14.4. The zero-order valence-electron chi connectivity index (χ0n) is 45.8. The molecule has 2 aliphatic rings. The fraction of sp³-hybridized carbons (Fsp3) is 0.205. The van der Waals surface area contributed by atoms with Gasteiger partial charge in [0.1, 0.15) is 0 Å². The summed E-state index contributed by atoms with van der Waals surface area (Å²) >= 11 is 0. The van der Waals surface area contributed by atoms with E-state index in [1.54, 1.807) is 12.2 Å². The SMILES string of the molecule is C#C.C=C/C=C\C(=C)CC.C=CC.CC.CCc1ccc(N(c2ccc3c(c2)-c2c(ccc(-c4ccccc4C(C)C)c2C)C3(c2ccccc2)c2ccccc2)c2ccc3c(c2)C(C)(C)c2ccccc2-3)cc1. The smallest absolute Gasteiger partial charge is 0.0713 e. The summed E-state index contributed by atoms with van der Waals surface area (Å²) in [6.07, 6.45) is 17.4. The van der Waals surface area contributed by atoms with Crippen LogP contribution in [0, 0.1) is 19.8 Å². The van der Waals surface area contributed by atoms with Crippen LogP contribution in [0.3, 0.4) is 0 Å². The molecular weight excluding hydrogens is 891 g/mol. The molecule has 10 rings (SSSR count). The van der Waals surface area contributed by atoms with Crippen LogP contribution in [0.4, 0.5) is 17.1 Å². The van der Waals surface area contributed by atoms with Gasteiger partial charge in [0, 0.05) is 22.5 Å². The average molecular weight is 968 g/mol. The lowest BCUT2D eigenvalue weighted by atomic mass is 9.67. The molecule has 0 fully saturated rings. The van der Waals surface area contributed by atoms with Crippen molar-refractivity contribution in [3.8, 4) is 46.2 Å². The van der Waals surface area contributed by atoms with Crippen LogP contribution in [-0.2, 0) is 17.3 Å². The van der Waals surface area contributed by atoms with Gasteiger partial charge >= 0.3 is 0 Å². The van der Waals surface area contributed by atoms with E-state index >= 15 is 0 Å². The largest absolute Gasteiger partial charge is 0.310 e. The molecule has 0 atom stereocenters. The number of nitrogens with zero attached hydrogens (tertiary/aromatic N) is 1. The Hall–Kier alpha value is -7.92. The molecule has 374 valence electrons. The molecule has 0 saturated heterocycles. The Morgan fingerprint density at radius 1 is 0.568 bits per heavy atom. The van der Waals surface area contributed by atoms with Gasteiger partial charge in [-0.2, -0.15) is 0 Å². The maximum Gasteiger partial charge on any atom is 0.0713 e. The van der Waals surface area contributed by atoms with E-state index in [0.717, 1.165) is 29.8 Å². The van der Waals surface area contributed by atoms with Crippen molar-refractivity contribution in [3.63, 3.8) is 0 Å². The molecule has 1 heteroatoms. The van der Waals surface area contributed by atoms with Crippen molar-refractivity contribution in [2.75, 3.05) is 4.90 Å². The van der Waals surface area contributed by atoms with Crippen molar-refractivity contribution >= 4 is 17.1 Å². The Kier molecular flexibility index (Phi) is 18.8. The molecule has 0 radical (unpaired) electrons. The van der Waals surface area contributed by atoms with Gasteiger partial charge in [-0.1, -0.05) is 244 Å². The highest BCUT2D eigenvalue weighted by Gasteiger charge is 2.47. The highest BCUT2D eigenvalue weighted by Crippen LogP contribution is 2.59. The van der Waals surface area contributed by atoms with Crippen LogP contribution >= 0.6 is 0 Å². The fourth-order valence-electron chi connectivity index (χ4n) is 10.9. The van der Waals surface area contributed by atoms with Crippen molar-refractivity contribution in [3.05, 3.63) is 282 Å². The number of benzene rings is 8. The van der Waals surface area contributed by atoms with Crippen molar-refractivity contribution < 1.29 is 0 Å². The Morgan fingerprint density at radius 3 is 1.65 bits per heavy atom. The second-order valence-electron chi connectivity index (χ2n) is 19.4. The normalized spacial score (nSPS) is 12.6. The molecule has 0 bridgehead atoms. The number of rotatable bonds is 11. The highest BCUT2D eigenvalue weighted by atomic mass is 15.1. The summed E-state index contributed by atoms with van der Waals surface area (Å²) in [6, 6.07) is 68.7. The number of hydrogen-bond acceptors (Lipinski definition) is 1. The van der Waals surface area contributed by atoms with Gasteiger partial charge in [0.25, 0.3) is 0 Å². The zero-order valence-corrected chi connectivity index (χ0v) is 45.8. The van der Waals surface area contributed by atoms with E-state index in [0.29, 0.717) is 5.92 Å². The summed E-state index contributed by atoms with van der Waals surface area (Å²) in [5, 5.41) is 0. The molecule has 0 N–H and O–H groups in total. The molecule has 0 spiro atoms. The average Bonchev–Trinajstić information content (AvgIpc) is 3.87. The summed E-state index contributed by atoms with van der Waals surface area (Å²) in [5.74, 6) is 0.406. The van der Waals surface area contributed by atoms with Gasteiger partial charge in [-0.3, -0.25) is 0 Å². The maximum atomic E-state index is 4.00. The molecule has 1 nitrogen and oxygen atoms in total. The van der Waals surface area contributed by atoms with E-state index in [-0.39, 0.29) is 5.41 Å². The van der Waals surface area contributed by atoms with Gasteiger partial charge in [-0.15, -0.1) is 19.4 Å². The third kappa shape index (κ3) is 10.6. The second-order valence-corrected chi connectivity index (χ2v) is 19.4. The number of hydrogen-bond donors (Lipinski definition) is 0. The summed E-state index contributed by atoms with van der Waals surface area (Å²) in [4.78, 5) is 2.48. The molecule has 0 amide bonds. The van der Waals surface area contributed by atoms with E-state index in [2.05, 4.69) is 268 Å². The lowest BCUT2D eigenvalue weighted by Gasteiger charge is -2.34. The Balaban J connectivity index is 0.000000530. The third-order valence-corrected chi connectivity index (χ3v) is 14.4. The van der Waals surface area contributed by atoms with Crippen LogP contribution in [0.5, 0.6) is 0 Å². The lowest BCUT2D eigenvalue weighted by molar-refractivity contribution is 0.660. The number of anilines is 3. The fourth-order valence-corrected chi connectivity index (χ4v) is 10.9. The molecule has 8 aromatic rings. The predicted octanol–water partition coefficient (Wildman–Crippen LogP) is 20.6. The Morgan fingerprint density at radius 2 is 1.07 bits per heavy atom. The zero-order chi connectivity index (χ0) is 53.6. The van der Waals surface area contributed by atoms with E-state index in [4.69, 9.17) is 0 Å². The molecule has 0 aromatic heterocycles. The minimum Gasteiger partial charge on any atom is -0.310 e. The van der Waals surface area contributed by atoms with E-state index in [1.165, 1.54) is 89.1 Å². The van der Waals surface area contributed by atoms with Gasteiger partial charge < -0.3 is 4.90 Å². The minimum absolute atomic E-state index is 0.110. The summed E-state index contributed by atoms with van der Waals surface area (Å²) in [7, 11) is 0. The van der Waals surface area contributed by atoms with E-state index in [1.807, 2.05) is 32.9 Å². The first kappa shape index (κ1) is 55.4. The van der Waals surface area contributed by atoms with E-state index < -0.39 is 5.41 Å². The number of allylic oxidation sites excluding steroid dienone is 5. The molecule has 0 saturated carbocycles. The molecule has 0 heterocycles. The summed E-state index contributed by atoms with van der Waals surface area (Å²) < 4.78 is 0. The quantitative estimate of drug-likeness (QED) is 0.0709. The van der Waals surface area contributed by atoms with Crippen molar-refractivity contribution in [1.29, 1.82) is 0 Å². The van der Waals surface area contributed by atoms with Crippen LogP contribution in [0.15, 0.2) is 232 Å². The number of terminal acetylenes is 1. The molecule has 2 aliphatic carbocycles. The van der Waals surface area contributed by atoms with Crippen LogP contribution in [0.25, 0.3) is 33.4 Å². The second kappa shape index (κ2) is 25.2. The molecule has 0 aliphatic heterocycles. The molecule has 0 unspecified atom stereocenters. The molecule has 74 heavy (non-hydrogen) atoms. The predicted molar refractivity (Wildman–Crippen MR) is 326 cm³/mol.